The molecule has 4 saturated carbocycles. The fourth-order valence-corrected chi connectivity index (χ4v) is 9.17. The summed E-state index contributed by atoms with van der Waals surface area (Å²) in [4.78, 5) is 5.07. The molecule has 3 aromatic carbocycles. The minimum absolute atomic E-state index is 0.00387. The van der Waals surface area contributed by atoms with Crippen molar-refractivity contribution in [2.75, 3.05) is 6.54 Å². The fourth-order valence-electron chi connectivity index (χ4n) is 7.97. The second kappa shape index (κ2) is 11.5. The van der Waals surface area contributed by atoms with E-state index in [-0.39, 0.29) is 28.3 Å². The van der Waals surface area contributed by atoms with E-state index in [2.05, 4.69) is 9.71 Å². The zero-order chi connectivity index (χ0) is 30.5. The Morgan fingerprint density at radius 1 is 0.864 bits per heavy atom. The molecule has 0 amide bonds. The molecular weight excluding hydrogens is 615 g/mol. The van der Waals surface area contributed by atoms with Gasteiger partial charge in [-0.25, -0.2) is 10.0 Å². The molecule has 1 atom stereocenters. The number of benzene rings is 3. The second-order valence-electron chi connectivity index (χ2n) is 12.6. The summed E-state index contributed by atoms with van der Waals surface area (Å²) in [6.45, 7) is 0.342. The summed E-state index contributed by atoms with van der Waals surface area (Å²) in [5, 5.41) is 10.7. The number of aliphatic imine (C=N–C) groups is 1. The molecule has 3 N–H and O–H groups in total. The van der Waals surface area contributed by atoms with Gasteiger partial charge < -0.3 is 5.73 Å². The average Bonchev–Trinajstić information content (AvgIpc) is 3.42. The molecule has 8 nitrogen and oxygen atoms in total. The van der Waals surface area contributed by atoms with Crippen molar-refractivity contribution in [3.05, 3.63) is 100 Å². The van der Waals surface area contributed by atoms with Crippen LogP contribution in [0, 0.1) is 17.8 Å². The molecule has 4 aliphatic carbocycles. The van der Waals surface area contributed by atoms with E-state index in [9.17, 15) is 8.42 Å². The maximum absolute atomic E-state index is 13.6. The van der Waals surface area contributed by atoms with E-state index in [4.69, 9.17) is 39.0 Å². The van der Waals surface area contributed by atoms with Gasteiger partial charge in [-0.2, -0.15) is 13.5 Å². The number of hydrogen-bond donors (Lipinski definition) is 2. The predicted octanol–water partition coefficient (Wildman–Crippen LogP) is 6.41. The van der Waals surface area contributed by atoms with Gasteiger partial charge in [-0.3, -0.25) is 5.32 Å². The first-order chi connectivity index (χ1) is 21.1. The third-order valence-electron chi connectivity index (χ3n) is 9.42. The molecular formula is C33H34Cl2N6O2S. The Bertz CT molecular complexity index is 1710. The van der Waals surface area contributed by atoms with E-state index in [0.29, 0.717) is 34.3 Å². The average molecular weight is 650 g/mol. The first-order valence-electron chi connectivity index (χ1n) is 15.0. The maximum Gasteiger partial charge on any atom is 0.285 e. The summed E-state index contributed by atoms with van der Waals surface area (Å²) in [6, 6.07) is 23.4. The van der Waals surface area contributed by atoms with Crippen LogP contribution in [0.15, 0.2) is 98.2 Å². The largest absolute Gasteiger partial charge is 0.370 e. The van der Waals surface area contributed by atoms with E-state index in [1.165, 1.54) is 43.5 Å². The van der Waals surface area contributed by atoms with Crippen LogP contribution >= 0.6 is 23.2 Å². The number of nitrogens with two attached hydrogens (primary N) is 1. The number of nitrogens with zero attached hydrogens (tertiary/aromatic N) is 4. The predicted molar refractivity (Wildman–Crippen MR) is 176 cm³/mol. The first kappa shape index (κ1) is 29.3. The number of sulfonamides is 1. The topological polar surface area (TPSA) is 113 Å². The second-order valence-corrected chi connectivity index (χ2v) is 15.1. The molecule has 0 aromatic heterocycles. The normalized spacial score (nSPS) is 28.3. The molecule has 0 spiro atoms. The third kappa shape index (κ3) is 5.97. The van der Waals surface area contributed by atoms with Gasteiger partial charge in [-0.1, -0.05) is 65.7 Å². The van der Waals surface area contributed by atoms with Crippen LogP contribution in [0.1, 0.15) is 55.6 Å². The molecule has 11 heteroatoms. The van der Waals surface area contributed by atoms with Crippen molar-refractivity contribution in [1.82, 2.24) is 10.3 Å². The Morgan fingerprint density at radius 3 is 2.02 bits per heavy atom. The Hall–Kier alpha value is -3.40. The molecule has 4 fully saturated rings. The molecule has 8 rings (SSSR count). The molecule has 4 bridgehead atoms. The van der Waals surface area contributed by atoms with Crippen molar-refractivity contribution in [2.45, 2.75) is 54.9 Å². The van der Waals surface area contributed by atoms with E-state index < -0.39 is 10.0 Å². The smallest absolute Gasteiger partial charge is 0.285 e. The Labute approximate surface area is 268 Å². The Kier molecular flexibility index (Phi) is 7.67. The molecule has 0 saturated heterocycles. The van der Waals surface area contributed by atoms with Crippen molar-refractivity contribution >= 4 is 50.9 Å². The molecule has 228 valence electrons. The zero-order valence-corrected chi connectivity index (χ0v) is 26.4. The van der Waals surface area contributed by atoms with Gasteiger partial charge in [0.1, 0.15) is 0 Å². The third-order valence-corrected chi connectivity index (χ3v) is 11.2. The summed E-state index contributed by atoms with van der Waals surface area (Å²) in [5.74, 6) is 2.05. The van der Waals surface area contributed by atoms with Crippen molar-refractivity contribution in [3.63, 3.8) is 0 Å². The Morgan fingerprint density at radius 2 is 1.43 bits per heavy atom. The summed E-state index contributed by atoms with van der Waals surface area (Å²) in [5.41, 5.74) is 9.08. The van der Waals surface area contributed by atoms with Crippen LogP contribution in [0.2, 0.25) is 10.0 Å². The highest BCUT2D eigenvalue weighted by Gasteiger charge is 2.51. The summed E-state index contributed by atoms with van der Waals surface area (Å²) in [7, 11) is -4.15. The standard InChI is InChI=1S/C33H34Cl2N6O2S/c34-26-8-6-25(7-9-26)30-29(24-4-2-1-3-5-24)20-41(39-30)32(40-44(42,43)28-12-10-27(35)11-13-28)37-31(36)38-33-17-21-14-22(18-33)16-23(15-21)19-33/h1-13,21-23,29H,14-20H2,(H3,36,37,38,40). The summed E-state index contributed by atoms with van der Waals surface area (Å²) in [6.07, 6.45) is 6.92. The van der Waals surface area contributed by atoms with Crippen LogP contribution in [-0.4, -0.2) is 43.1 Å². The molecule has 0 radical (unpaired) electrons. The molecule has 3 aromatic rings. The zero-order valence-electron chi connectivity index (χ0n) is 24.1. The SMILES string of the molecule is NC(=NC12CC3CC(CC(C3)C1)C2)N/C(=N/S(=O)(=O)c1ccc(Cl)cc1)N1CC(c2ccccc2)C(c2ccc(Cl)cc2)=N1. The highest BCUT2D eigenvalue weighted by molar-refractivity contribution is 7.90. The highest BCUT2D eigenvalue weighted by atomic mass is 35.5. The van der Waals surface area contributed by atoms with Crippen LogP contribution in [0.4, 0.5) is 0 Å². The number of halogens is 2. The fraction of sp³-hybridized carbons (Fsp3) is 0.364. The van der Waals surface area contributed by atoms with Crippen molar-refractivity contribution in [3.8, 4) is 0 Å². The van der Waals surface area contributed by atoms with Crippen molar-refractivity contribution in [1.29, 1.82) is 0 Å². The number of rotatable bonds is 5. The van der Waals surface area contributed by atoms with E-state index in [1.54, 1.807) is 5.01 Å². The van der Waals surface area contributed by atoms with Gasteiger partial charge in [0.15, 0.2) is 5.96 Å². The summed E-state index contributed by atoms with van der Waals surface area (Å²) >= 11 is 12.2. The highest BCUT2D eigenvalue weighted by Crippen LogP contribution is 2.57. The molecule has 1 unspecified atom stereocenters. The van der Waals surface area contributed by atoms with Crippen molar-refractivity contribution in [2.24, 2.45) is 38.0 Å². The van der Waals surface area contributed by atoms with Gasteiger partial charge >= 0.3 is 0 Å². The van der Waals surface area contributed by atoms with Crippen LogP contribution in [0.5, 0.6) is 0 Å². The lowest BCUT2D eigenvalue weighted by Crippen LogP contribution is -2.52. The number of nitrogens with one attached hydrogen (secondary N) is 1. The van der Waals surface area contributed by atoms with E-state index >= 15 is 0 Å². The lowest BCUT2D eigenvalue weighted by molar-refractivity contribution is 0.00152. The van der Waals surface area contributed by atoms with Crippen LogP contribution in [0.3, 0.4) is 0 Å². The molecule has 1 aliphatic heterocycles. The van der Waals surface area contributed by atoms with Gasteiger partial charge in [-0.15, -0.1) is 4.40 Å². The lowest BCUT2D eigenvalue weighted by atomic mass is 9.53. The van der Waals surface area contributed by atoms with Crippen LogP contribution in [-0.2, 0) is 10.0 Å². The van der Waals surface area contributed by atoms with E-state index in [0.717, 1.165) is 36.1 Å². The van der Waals surface area contributed by atoms with Gasteiger partial charge in [0, 0.05) is 16.0 Å². The van der Waals surface area contributed by atoms with Gasteiger partial charge in [0.05, 0.1) is 22.7 Å². The minimum Gasteiger partial charge on any atom is -0.370 e. The molecule has 1 heterocycles. The summed E-state index contributed by atoms with van der Waals surface area (Å²) < 4.78 is 31.5. The number of hydrazone groups is 1. The van der Waals surface area contributed by atoms with Gasteiger partial charge in [0.2, 0.25) is 5.96 Å². The molecule has 44 heavy (non-hydrogen) atoms. The van der Waals surface area contributed by atoms with Crippen molar-refractivity contribution < 1.29 is 8.42 Å². The van der Waals surface area contributed by atoms with Gasteiger partial charge in [0.25, 0.3) is 10.0 Å². The number of hydrogen-bond acceptors (Lipinski definition) is 4. The Balaban J connectivity index is 1.27. The minimum atomic E-state index is -4.15. The lowest BCUT2D eigenvalue weighted by Gasteiger charge is -2.54. The monoisotopic (exact) mass is 648 g/mol. The maximum atomic E-state index is 13.6. The van der Waals surface area contributed by atoms with Gasteiger partial charge in [-0.05, 0) is 104 Å². The quantitative estimate of drug-likeness (QED) is 0.245. The first-order valence-corrected chi connectivity index (χ1v) is 17.2. The van der Waals surface area contributed by atoms with Crippen LogP contribution < -0.4 is 11.1 Å². The number of guanidine groups is 2. The molecule has 5 aliphatic rings. The van der Waals surface area contributed by atoms with Crippen LogP contribution in [0.25, 0.3) is 0 Å². The van der Waals surface area contributed by atoms with E-state index in [1.807, 2.05) is 54.6 Å².